The van der Waals surface area contributed by atoms with Crippen LogP contribution in [0, 0.1) is 5.92 Å². The monoisotopic (exact) mass is 375 g/mol. The van der Waals surface area contributed by atoms with E-state index in [2.05, 4.69) is 5.32 Å². The van der Waals surface area contributed by atoms with Crippen molar-refractivity contribution >= 4 is 17.7 Å². The molecule has 1 fully saturated rings. The van der Waals surface area contributed by atoms with E-state index < -0.39 is 12.1 Å². The zero-order valence-corrected chi connectivity index (χ0v) is 16.2. The number of ketones is 1. The minimum absolute atomic E-state index is 0.0500. The van der Waals surface area contributed by atoms with Gasteiger partial charge in [0, 0.05) is 18.5 Å². The van der Waals surface area contributed by atoms with Crippen molar-refractivity contribution in [2.45, 2.75) is 58.5 Å². The number of hydrogen-bond acceptors (Lipinski definition) is 5. The second kappa shape index (κ2) is 10.7. The van der Waals surface area contributed by atoms with Crippen molar-refractivity contribution in [3.05, 3.63) is 29.8 Å². The van der Waals surface area contributed by atoms with Crippen LogP contribution in [0.15, 0.2) is 24.3 Å². The number of rotatable bonds is 9. The van der Waals surface area contributed by atoms with Crippen molar-refractivity contribution < 1.29 is 23.9 Å². The predicted molar refractivity (Wildman–Crippen MR) is 102 cm³/mol. The largest absolute Gasteiger partial charge is 0.482 e. The molecule has 1 aromatic carbocycles. The molecule has 0 aliphatic heterocycles. The molecule has 1 atom stereocenters. The molecule has 6 nitrogen and oxygen atoms in total. The van der Waals surface area contributed by atoms with E-state index in [9.17, 15) is 14.4 Å². The summed E-state index contributed by atoms with van der Waals surface area (Å²) in [6, 6.07) is 6.59. The van der Waals surface area contributed by atoms with E-state index in [0.717, 1.165) is 12.8 Å². The maximum absolute atomic E-state index is 12.1. The SMILES string of the molecule is CCC(=O)c1ccc(OCC(=O)O[C@@H](C)C(=O)NCC2CCCCC2)cc1. The fraction of sp³-hybridized carbons (Fsp3) is 0.571. The number of nitrogens with one attached hydrogen (secondary N) is 1. The Morgan fingerprint density at radius 3 is 2.41 bits per heavy atom. The summed E-state index contributed by atoms with van der Waals surface area (Å²) in [6.07, 6.45) is 5.58. The van der Waals surface area contributed by atoms with Gasteiger partial charge in [0.15, 0.2) is 18.5 Å². The van der Waals surface area contributed by atoms with Crippen LogP contribution < -0.4 is 10.1 Å². The minimum Gasteiger partial charge on any atom is -0.482 e. The van der Waals surface area contributed by atoms with Crippen molar-refractivity contribution in [2.24, 2.45) is 5.92 Å². The Balaban J connectivity index is 1.69. The average Bonchev–Trinajstić information content (AvgIpc) is 2.71. The van der Waals surface area contributed by atoms with Crippen molar-refractivity contribution in [1.82, 2.24) is 5.32 Å². The van der Waals surface area contributed by atoms with Crippen LogP contribution in [0.4, 0.5) is 0 Å². The Morgan fingerprint density at radius 2 is 1.78 bits per heavy atom. The van der Waals surface area contributed by atoms with Gasteiger partial charge in [-0.1, -0.05) is 26.2 Å². The zero-order valence-electron chi connectivity index (χ0n) is 16.2. The standard InChI is InChI=1S/C21H29NO5/c1-3-19(23)17-9-11-18(12-10-17)26-14-20(24)27-15(2)21(25)22-13-16-7-5-4-6-8-16/h9-12,15-16H,3-8,13-14H2,1-2H3,(H,22,25)/t15-/m0/s1. The topological polar surface area (TPSA) is 81.7 Å². The number of hydrogen-bond donors (Lipinski definition) is 1. The van der Waals surface area contributed by atoms with Crippen molar-refractivity contribution in [3.8, 4) is 5.75 Å². The van der Waals surface area contributed by atoms with Crippen LogP contribution in [0.1, 0.15) is 62.7 Å². The van der Waals surface area contributed by atoms with E-state index in [-0.39, 0.29) is 18.3 Å². The summed E-state index contributed by atoms with van der Waals surface area (Å²) >= 11 is 0. The zero-order chi connectivity index (χ0) is 19.6. The molecule has 0 saturated heterocycles. The first-order valence-electron chi connectivity index (χ1n) is 9.72. The Hall–Kier alpha value is -2.37. The first-order chi connectivity index (χ1) is 13.0. The van der Waals surface area contributed by atoms with Gasteiger partial charge >= 0.3 is 5.97 Å². The summed E-state index contributed by atoms with van der Waals surface area (Å²) in [4.78, 5) is 35.5. The number of carbonyl (C=O) groups excluding carboxylic acids is 3. The van der Waals surface area contributed by atoms with Gasteiger partial charge in [0.2, 0.25) is 0 Å². The maximum atomic E-state index is 12.1. The number of carbonyl (C=O) groups is 3. The highest BCUT2D eigenvalue weighted by Crippen LogP contribution is 2.22. The Labute approximate surface area is 160 Å². The predicted octanol–water partition coefficient (Wildman–Crippen LogP) is 3.29. The van der Waals surface area contributed by atoms with Crippen LogP contribution in [0.5, 0.6) is 5.75 Å². The fourth-order valence-electron chi connectivity index (χ4n) is 3.15. The van der Waals surface area contributed by atoms with E-state index in [0.29, 0.717) is 30.2 Å². The molecule has 6 heteroatoms. The quantitative estimate of drug-likeness (QED) is 0.529. The van der Waals surface area contributed by atoms with Crippen LogP contribution in [0.3, 0.4) is 0 Å². The lowest BCUT2D eigenvalue weighted by molar-refractivity contribution is -0.156. The second-order valence-corrected chi connectivity index (χ2v) is 6.97. The third kappa shape index (κ3) is 7.04. The highest BCUT2D eigenvalue weighted by atomic mass is 16.6. The second-order valence-electron chi connectivity index (χ2n) is 6.97. The molecule has 1 N–H and O–H groups in total. The lowest BCUT2D eigenvalue weighted by Gasteiger charge is -2.22. The number of ether oxygens (including phenoxy) is 2. The van der Waals surface area contributed by atoms with Gasteiger partial charge in [0.05, 0.1) is 0 Å². The number of Topliss-reactive ketones (excluding diaryl/α,β-unsaturated/α-hetero) is 1. The number of amides is 1. The minimum atomic E-state index is -0.853. The van der Waals surface area contributed by atoms with Gasteiger partial charge < -0.3 is 14.8 Å². The molecule has 0 radical (unpaired) electrons. The molecule has 1 aliphatic carbocycles. The molecule has 2 rings (SSSR count). The van der Waals surface area contributed by atoms with E-state index in [1.54, 1.807) is 38.1 Å². The van der Waals surface area contributed by atoms with Crippen molar-refractivity contribution in [2.75, 3.05) is 13.2 Å². The smallest absolute Gasteiger partial charge is 0.344 e. The van der Waals surface area contributed by atoms with Crippen LogP contribution in [-0.4, -0.2) is 36.9 Å². The molecule has 1 amide bonds. The molecule has 0 unspecified atom stereocenters. The first kappa shape index (κ1) is 20.9. The van der Waals surface area contributed by atoms with E-state index in [4.69, 9.17) is 9.47 Å². The van der Waals surface area contributed by atoms with Gasteiger partial charge in [0.25, 0.3) is 5.91 Å². The van der Waals surface area contributed by atoms with Crippen molar-refractivity contribution in [3.63, 3.8) is 0 Å². The molecule has 148 valence electrons. The third-order valence-corrected chi connectivity index (χ3v) is 4.82. The lowest BCUT2D eigenvalue weighted by atomic mass is 9.89. The third-order valence-electron chi connectivity index (χ3n) is 4.82. The maximum Gasteiger partial charge on any atom is 0.344 e. The van der Waals surface area contributed by atoms with E-state index in [1.807, 2.05) is 0 Å². The normalized spacial score (nSPS) is 15.6. The summed E-state index contributed by atoms with van der Waals surface area (Å²) in [6.45, 7) is 3.70. The highest BCUT2D eigenvalue weighted by molar-refractivity contribution is 5.95. The lowest BCUT2D eigenvalue weighted by Crippen LogP contribution is -2.39. The number of esters is 1. The first-order valence-corrected chi connectivity index (χ1v) is 9.72. The van der Waals surface area contributed by atoms with Crippen LogP contribution >= 0.6 is 0 Å². The molecule has 0 bridgehead atoms. The molecular formula is C21H29NO5. The van der Waals surface area contributed by atoms with Crippen LogP contribution in [0.25, 0.3) is 0 Å². The highest BCUT2D eigenvalue weighted by Gasteiger charge is 2.20. The van der Waals surface area contributed by atoms with Gasteiger partial charge in [-0.3, -0.25) is 9.59 Å². The molecule has 0 aromatic heterocycles. The molecule has 0 heterocycles. The average molecular weight is 375 g/mol. The molecule has 1 aliphatic rings. The molecule has 27 heavy (non-hydrogen) atoms. The van der Waals surface area contributed by atoms with E-state index in [1.165, 1.54) is 19.3 Å². The van der Waals surface area contributed by atoms with Crippen LogP contribution in [-0.2, 0) is 14.3 Å². The number of benzene rings is 1. The fourth-order valence-corrected chi connectivity index (χ4v) is 3.15. The van der Waals surface area contributed by atoms with Gasteiger partial charge in [-0.15, -0.1) is 0 Å². The summed E-state index contributed by atoms with van der Waals surface area (Å²) in [5.41, 5.74) is 0.607. The molecular weight excluding hydrogens is 346 g/mol. The summed E-state index contributed by atoms with van der Waals surface area (Å²) < 4.78 is 10.5. The van der Waals surface area contributed by atoms with Gasteiger partial charge in [-0.2, -0.15) is 0 Å². The summed E-state index contributed by atoms with van der Waals surface area (Å²) in [7, 11) is 0. The van der Waals surface area contributed by atoms with Crippen molar-refractivity contribution in [1.29, 1.82) is 0 Å². The van der Waals surface area contributed by atoms with Crippen LogP contribution in [0.2, 0.25) is 0 Å². The van der Waals surface area contributed by atoms with E-state index >= 15 is 0 Å². The van der Waals surface area contributed by atoms with Gasteiger partial charge in [-0.05, 0) is 49.9 Å². The molecule has 0 spiro atoms. The van der Waals surface area contributed by atoms with Gasteiger partial charge in [0.1, 0.15) is 5.75 Å². The summed E-state index contributed by atoms with van der Waals surface area (Å²) in [5.74, 6) is 0.153. The Bertz CT molecular complexity index is 634. The molecule has 1 aromatic rings. The Morgan fingerprint density at radius 1 is 1.11 bits per heavy atom. The molecule has 1 saturated carbocycles. The van der Waals surface area contributed by atoms with Gasteiger partial charge in [-0.25, -0.2) is 4.79 Å². The Kier molecular flexibility index (Phi) is 8.30. The summed E-state index contributed by atoms with van der Waals surface area (Å²) in [5, 5.41) is 2.86.